The van der Waals surface area contributed by atoms with Gasteiger partial charge in [0.15, 0.2) is 0 Å². The van der Waals surface area contributed by atoms with Crippen LogP contribution in [0.5, 0.6) is 0 Å². The summed E-state index contributed by atoms with van der Waals surface area (Å²) in [7, 11) is 0. The quantitative estimate of drug-likeness (QED) is 0.191. The van der Waals surface area contributed by atoms with Crippen LogP contribution in [0.25, 0.3) is 0 Å². The molecule has 0 saturated carbocycles. The third-order valence-electron chi connectivity index (χ3n) is 3.73. The van der Waals surface area contributed by atoms with Gasteiger partial charge in [0.2, 0.25) is 0 Å². The fraction of sp³-hybridized carbons (Fsp3) is 0.923. The molecule has 0 aliphatic rings. The predicted octanol–water partition coefficient (Wildman–Crippen LogP) is 6.34. The van der Waals surface area contributed by atoms with Crippen LogP contribution >= 0.6 is 0 Å². The normalized spacial score (nSPS) is 15.7. The van der Waals surface area contributed by atoms with Crippen molar-refractivity contribution in [3.63, 3.8) is 0 Å². The highest BCUT2D eigenvalue weighted by molar-refractivity contribution is 5.65. The largest absolute Gasteiger partial charge is 0.466 e. The van der Waals surface area contributed by atoms with Gasteiger partial charge in [-0.15, -0.1) is 0 Å². The molecule has 32 heavy (non-hydrogen) atoms. The van der Waals surface area contributed by atoms with E-state index in [-0.39, 0.29) is 0 Å². The Kier molecular flexibility index (Phi) is 7.81. The van der Waals surface area contributed by atoms with E-state index in [1.54, 1.807) is 0 Å². The fourth-order valence-corrected chi connectivity index (χ4v) is 1.86. The Hall–Kier alpha value is -1.72. The van der Waals surface area contributed by atoms with Crippen LogP contribution < -0.4 is 0 Å². The van der Waals surface area contributed by atoms with Gasteiger partial charge >= 0.3 is 53.6 Å². The van der Waals surface area contributed by atoms with E-state index in [1.165, 1.54) is 0 Å². The van der Waals surface area contributed by atoms with Crippen molar-refractivity contribution in [2.75, 3.05) is 6.61 Å². The number of rotatable bonds is 10. The molecular weight excluding hydrogens is 511 g/mol. The van der Waals surface area contributed by atoms with Gasteiger partial charge < -0.3 is 4.74 Å². The summed E-state index contributed by atoms with van der Waals surface area (Å²) in [4.78, 5) is 10.3. The zero-order chi connectivity index (χ0) is 26.4. The molecule has 0 aliphatic heterocycles. The SMILES string of the molecule is CC(=O)OCCCC(F)(F)C(F)(F)C(F)(F)C(F)(F)C(F)(F)C(F)(F)C(F)(F)C(F)(F)F. The van der Waals surface area contributed by atoms with Gasteiger partial charge in [-0.2, -0.15) is 74.6 Å². The number of alkyl halides is 17. The smallest absolute Gasteiger partial charge is 0.460 e. The summed E-state index contributed by atoms with van der Waals surface area (Å²) in [5.41, 5.74) is 0. The van der Waals surface area contributed by atoms with Crippen LogP contribution in [0.2, 0.25) is 0 Å². The zero-order valence-corrected chi connectivity index (χ0v) is 14.9. The second-order valence-corrected chi connectivity index (χ2v) is 6.09. The summed E-state index contributed by atoms with van der Waals surface area (Å²) >= 11 is 0. The first-order chi connectivity index (χ1) is 13.7. The second-order valence-electron chi connectivity index (χ2n) is 6.09. The van der Waals surface area contributed by atoms with Crippen molar-refractivity contribution in [3.8, 4) is 0 Å². The van der Waals surface area contributed by atoms with Crippen LogP contribution in [0.15, 0.2) is 0 Å². The van der Waals surface area contributed by atoms with Crippen molar-refractivity contribution in [1.29, 1.82) is 0 Å². The lowest BCUT2D eigenvalue weighted by Crippen LogP contribution is -2.74. The number of carbonyl (C=O) groups excluding carboxylic acids is 1. The molecule has 2 nitrogen and oxygen atoms in total. The monoisotopic (exact) mass is 520 g/mol. The first-order valence-electron chi connectivity index (χ1n) is 7.51. The molecule has 0 bridgehead atoms. The highest BCUT2D eigenvalue weighted by Crippen LogP contribution is 2.64. The molecule has 0 aliphatic carbocycles. The standard InChI is InChI=1S/C13H9F17O2/c1-5(31)32-4-2-3-6(14,15)7(16,17)8(18,19)9(20,21)10(22,23)11(24,25)12(26,27)13(28,29)30/h2-4H2,1H3. The van der Waals surface area contributed by atoms with Gasteiger partial charge in [0, 0.05) is 13.3 Å². The van der Waals surface area contributed by atoms with E-state index in [0.717, 1.165) is 0 Å². The van der Waals surface area contributed by atoms with Crippen LogP contribution in [0.3, 0.4) is 0 Å². The van der Waals surface area contributed by atoms with Gasteiger partial charge in [-0.05, 0) is 6.42 Å². The van der Waals surface area contributed by atoms with Gasteiger partial charge in [0.1, 0.15) is 0 Å². The highest BCUT2D eigenvalue weighted by Gasteiger charge is 2.95. The molecule has 0 atom stereocenters. The van der Waals surface area contributed by atoms with Crippen LogP contribution in [-0.2, 0) is 9.53 Å². The molecule has 0 rings (SSSR count). The van der Waals surface area contributed by atoms with Crippen molar-refractivity contribution >= 4 is 5.97 Å². The molecule has 0 N–H and O–H groups in total. The molecule has 0 amide bonds. The van der Waals surface area contributed by atoms with Crippen LogP contribution in [0, 0.1) is 0 Å². The van der Waals surface area contributed by atoms with Gasteiger partial charge in [-0.3, -0.25) is 4.79 Å². The second kappa shape index (κ2) is 8.25. The summed E-state index contributed by atoms with van der Waals surface area (Å²) < 4.78 is 224. The molecule has 0 aromatic heterocycles. The van der Waals surface area contributed by atoms with Crippen LogP contribution in [-0.4, -0.2) is 60.2 Å². The molecule has 0 aromatic carbocycles. The Morgan fingerprint density at radius 2 is 0.875 bits per heavy atom. The van der Waals surface area contributed by atoms with Gasteiger partial charge in [-0.25, -0.2) is 0 Å². The lowest BCUT2D eigenvalue weighted by Gasteiger charge is -2.42. The van der Waals surface area contributed by atoms with Crippen molar-refractivity contribution < 1.29 is 84.2 Å². The maximum Gasteiger partial charge on any atom is 0.460 e. The molecular formula is C13H9F17O2. The molecule has 19 heteroatoms. The predicted molar refractivity (Wildman–Crippen MR) is 66.6 cm³/mol. The number of halogens is 17. The van der Waals surface area contributed by atoms with E-state index < -0.39 is 73.1 Å². The van der Waals surface area contributed by atoms with E-state index in [9.17, 15) is 79.4 Å². The molecule has 192 valence electrons. The first-order valence-corrected chi connectivity index (χ1v) is 7.51. The third-order valence-corrected chi connectivity index (χ3v) is 3.73. The van der Waals surface area contributed by atoms with E-state index in [1.807, 2.05) is 0 Å². The van der Waals surface area contributed by atoms with E-state index in [4.69, 9.17) is 0 Å². The summed E-state index contributed by atoms with van der Waals surface area (Å²) in [6.45, 7) is -0.588. The molecule has 0 fully saturated rings. The van der Waals surface area contributed by atoms with Gasteiger partial charge in [0.05, 0.1) is 6.61 Å². The minimum absolute atomic E-state index is 0.639. The average molecular weight is 520 g/mol. The van der Waals surface area contributed by atoms with Crippen molar-refractivity contribution in [1.82, 2.24) is 0 Å². The Bertz CT molecular complexity index is 678. The maximum absolute atomic E-state index is 13.4. The third kappa shape index (κ3) is 4.38. The molecule has 0 heterocycles. The molecule has 0 saturated heterocycles. The Morgan fingerprint density at radius 3 is 1.19 bits per heavy atom. The molecule has 0 aromatic rings. The summed E-state index contributed by atoms with van der Waals surface area (Å²) in [5, 5.41) is 0. The number of ether oxygens (including phenoxy) is 1. The van der Waals surface area contributed by atoms with E-state index in [2.05, 4.69) is 4.74 Å². The van der Waals surface area contributed by atoms with Gasteiger partial charge in [0.25, 0.3) is 0 Å². The van der Waals surface area contributed by atoms with Gasteiger partial charge in [-0.1, -0.05) is 0 Å². The van der Waals surface area contributed by atoms with Crippen LogP contribution in [0.1, 0.15) is 19.8 Å². The molecule has 0 radical (unpaired) electrons. The average Bonchev–Trinajstić information content (AvgIpc) is 2.56. The lowest BCUT2D eigenvalue weighted by molar-refractivity contribution is -0.461. The number of hydrogen-bond acceptors (Lipinski definition) is 2. The minimum atomic E-state index is -8.64. The Labute approximate surface area is 165 Å². The van der Waals surface area contributed by atoms with Crippen molar-refractivity contribution in [2.45, 2.75) is 67.4 Å². The zero-order valence-electron chi connectivity index (χ0n) is 14.9. The van der Waals surface area contributed by atoms with E-state index in [0.29, 0.717) is 6.92 Å². The maximum atomic E-state index is 13.4. The number of carbonyl (C=O) groups is 1. The lowest BCUT2D eigenvalue weighted by atomic mass is 9.88. The Morgan fingerprint density at radius 1 is 0.562 bits per heavy atom. The summed E-state index contributed by atoms with van der Waals surface area (Å²) in [5.74, 6) is -57.6. The minimum Gasteiger partial charge on any atom is -0.466 e. The first kappa shape index (κ1) is 30.3. The number of hydrogen-bond donors (Lipinski definition) is 0. The molecule has 0 spiro atoms. The topological polar surface area (TPSA) is 26.3 Å². The summed E-state index contributed by atoms with van der Waals surface area (Å²) in [6, 6.07) is 0. The summed E-state index contributed by atoms with van der Waals surface area (Å²) in [6.07, 6.45) is -11.9. The Balaban J connectivity index is 6.33. The van der Waals surface area contributed by atoms with Crippen LogP contribution in [0.4, 0.5) is 74.6 Å². The highest BCUT2D eigenvalue weighted by atomic mass is 19.4. The number of esters is 1. The molecule has 0 unspecified atom stereocenters. The van der Waals surface area contributed by atoms with Crippen molar-refractivity contribution in [3.05, 3.63) is 0 Å². The fourth-order valence-electron chi connectivity index (χ4n) is 1.86. The van der Waals surface area contributed by atoms with E-state index >= 15 is 0 Å². The van der Waals surface area contributed by atoms with Crippen molar-refractivity contribution in [2.24, 2.45) is 0 Å².